The van der Waals surface area contributed by atoms with Crippen LogP contribution < -0.4 is 0 Å². The zero-order valence-corrected chi connectivity index (χ0v) is 11.7. The van der Waals surface area contributed by atoms with Crippen molar-refractivity contribution in [3.8, 4) is 0 Å². The maximum Gasteiger partial charge on any atom is 0.325 e. The number of ether oxygens (including phenoxy) is 1. The molecule has 19 heavy (non-hydrogen) atoms. The van der Waals surface area contributed by atoms with E-state index >= 15 is 0 Å². The first-order chi connectivity index (χ1) is 9.06. The second-order valence-electron chi connectivity index (χ2n) is 3.81. The lowest BCUT2D eigenvalue weighted by molar-refractivity contribution is -0.145. The molecular formula is C14H16ClNO3. The summed E-state index contributed by atoms with van der Waals surface area (Å²) < 4.78 is 4.54. The number of halogens is 1. The van der Waals surface area contributed by atoms with Gasteiger partial charge in [0, 0.05) is 17.6 Å². The standard InChI is InChI=1S/C14H16ClNO3/c1-3-16(10-14(18)19-2)13(17)9-6-11-4-7-12(15)8-5-11/h4-9H,3,10H2,1-2H3/b9-6+. The summed E-state index contributed by atoms with van der Waals surface area (Å²) in [6.07, 6.45) is 3.11. The number of benzene rings is 1. The van der Waals surface area contributed by atoms with E-state index in [0.29, 0.717) is 11.6 Å². The van der Waals surface area contributed by atoms with Crippen LogP contribution in [0.5, 0.6) is 0 Å². The van der Waals surface area contributed by atoms with Crippen LogP contribution >= 0.6 is 11.6 Å². The third kappa shape index (κ3) is 5.14. The fourth-order valence-electron chi connectivity index (χ4n) is 1.41. The number of carbonyl (C=O) groups is 2. The maximum atomic E-state index is 11.9. The zero-order chi connectivity index (χ0) is 14.3. The topological polar surface area (TPSA) is 46.6 Å². The Morgan fingerprint density at radius 3 is 2.47 bits per heavy atom. The number of nitrogens with zero attached hydrogens (tertiary/aromatic N) is 1. The second-order valence-corrected chi connectivity index (χ2v) is 4.25. The maximum absolute atomic E-state index is 11.9. The van der Waals surface area contributed by atoms with Crippen LogP contribution in [-0.4, -0.2) is 37.0 Å². The Bertz CT molecular complexity index is 468. The van der Waals surface area contributed by atoms with Crippen LogP contribution in [0.4, 0.5) is 0 Å². The lowest BCUT2D eigenvalue weighted by Gasteiger charge is -2.17. The minimum atomic E-state index is -0.435. The summed E-state index contributed by atoms with van der Waals surface area (Å²) in [4.78, 5) is 24.4. The highest BCUT2D eigenvalue weighted by atomic mass is 35.5. The molecule has 0 radical (unpaired) electrons. The number of esters is 1. The highest BCUT2D eigenvalue weighted by molar-refractivity contribution is 6.30. The molecule has 0 saturated heterocycles. The van der Waals surface area contributed by atoms with E-state index in [1.807, 2.05) is 12.1 Å². The third-order valence-corrected chi connectivity index (χ3v) is 2.78. The molecule has 0 aliphatic heterocycles. The van der Waals surface area contributed by atoms with Crippen LogP contribution in [0.2, 0.25) is 5.02 Å². The van der Waals surface area contributed by atoms with Crippen molar-refractivity contribution in [3.05, 3.63) is 40.9 Å². The van der Waals surface area contributed by atoms with Crippen LogP contribution in [0.25, 0.3) is 6.08 Å². The van der Waals surface area contributed by atoms with Gasteiger partial charge < -0.3 is 9.64 Å². The second kappa shape index (κ2) is 7.59. The van der Waals surface area contributed by atoms with Gasteiger partial charge in [0.25, 0.3) is 0 Å². The van der Waals surface area contributed by atoms with Crippen LogP contribution in [-0.2, 0) is 14.3 Å². The molecular weight excluding hydrogens is 266 g/mol. The molecule has 0 aromatic heterocycles. The van der Waals surface area contributed by atoms with E-state index in [4.69, 9.17) is 11.6 Å². The molecule has 0 unspecified atom stereocenters. The first kappa shape index (κ1) is 15.2. The molecule has 0 N–H and O–H groups in total. The summed E-state index contributed by atoms with van der Waals surface area (Å²) in [6, 6.07) is 7.11. The molecule has 1 aromatic rings. The number of rotatable bonds is 5. The highest BCUT2D eigenvalue weighted by Crippen LogP contribution is 2.10. The van der Waals surface area contributed by atoms with Gasteiger partial charge in [-0.05, 0) is 30.7 Å². The molecule has 5 heteroatoms. The Morgan fingerprint density at radius 1 is 1.32 bits per heavy atom. The molecule has 1 amide bonds. The van der Waals surface area contributed by atoms with Crippen molar-refractivity contribution in [2.45, 2.75) is 6.92 Å². The molecule has 0 aliphatic rings. The molecule has 0 bridgehead atoms. The van der Waals surface area contributed by atoms with Gasteiger partial charge in [-0.3, -0.25) is 9.59 Å². The van der Waals surface area contributed by atoms with Gasteiger partial charge in [-0.1, -0.05) is 23.7 Å². The number of hydrogen-bond acceptors (Lipinski definition) is 3. The van der Waals surface area contributed by atoms with Crippen LogP contribution in [0.15, 0.2) is 30.3 Å². The molecule has 0 heterocycles. The van der Waals surface area contributed by atoms with E-state index in [1.165, 1.54) is 18.1 Å². The van der Waals surface area contributed by atoms with E-state index < -0.39 is 5.97 Å². The first-order valence-electron chi connectivity index (χ1n) is 5.86. The van der Waals surface area contributed by atoms with Crippen molar-refractivity contribution in [3.63, 3.8) is 0 Å². The summed E-state index contributed by atoms with van der Waals surface area (Å²) in [5, 5.41) is 0.643. The molecule has 0 spiro atoms. The van der Waals surface area contributed by atoms with E-state index in [-0.39, 0.29) is 12.5 Å². The molecule has 4 nitrogen and oxygen atoms in total. The average Bonchev–Trinajstić information content (AvgIpc) is 2.43. The number of likely N-dealkylation sites (N-methyl/N-ethyl adjacent to an activating group) is 1. The lowest BCUT2D eigenvalue weighted by Crippen LogP contribution is -2.34. The third-order valence-electron chi connectivity index (χ3n) is 2.53. The Hall–Kier alpha value is -1.81. The summed E-state index contributed by atoms with van der Waals surface area (Å²) in [5.74, 6) is -0.669. The lowest BCUT2D eigenvalue weighted by atomic mass is 10.2. The smallest absolute Gasteiger partial charge is 0.325 e. The molecule has 0 saturated carbocycles. The van der Waals surface area contributed by atoms with Crippen molar-refractivity contribution < 1.29 is 14.3 Å². The van der Waals surface area contributed by atoms with E-state index in [9.17, 15) is 9.59 Å². The van der Waals surface area contributed by atoms with E-state index in [1.54, 1.807) is 25.1 Å². The predicted octanol–water partition coefficient (Wildman–Crippen LogP) is 2.37. The summed E-state index contributed by atoms with van der Waals surface area (Å²) in [7, 11) is 1.30. The monoisotopic (exact) mass is 281 g/mol. The van der Waals surface area contributed by atoms with Gasteiger partial charge in [-0.2, -0.15) is 0 Å². The molecule has 1 aromatic carbocycles. The number of methoxy groups -OCH3 is 1. The quantitative estimate of drug-likeness (QED) is 0.615. The Kier molecular flexibility index (Phi) is 6.09. The fraction of sp³-hybridized carbons (Fsp3) is 0.286. The van der Waals surface area contributed by atoms with Gasteiger partial charge in [-0.25, -0.2) is 0 Å². The van der Waals surface area contributed by atoms with Gasteiger partial charge in [0.2, 0.25) is 5.91 Å². The largest absolute Gasteiger partial charge is 0.468 e. The summed E-state index contributed by atoms with van der Waals surface area (Å²) >= 11 is 5.77. The Balaban J connectivity index is 2.66. The first-order valence-corrected chi connectivity index (χ1v) is 6.24. The molecule has 0 aliphatic carbocycles. The van der Waals surface area contributed by atoms with Gasteiger partial charge in [0.15, 0.2) is 0 Å². The van der Waals surface area contributed by atoms with Crippen molar-refractivity contribution >= 4 is 29.6 Å². The molecule has 1 rings (SSSR count). The number of amides is 1. The zero-order valence-electron chi connectivity index (χ0n) is 10.9. The molecule has 0 atom stereocenters. The summed E-state index contributed by atoms with van der Waals surface area (Å²) in [6.45, 7) is 2.20. The predicted molar refractivity (Wildman–Crippen MR) is 74.8 cm³/mol. The average molecular weight is 282 g/mol. The van der Waals surface area contributed by atoms with Gasteiger partial charge in [0.05, 0.1) is 7.11 Å². The Labute approximate surface area is 117 Å². The van der Waals surface area contributed by atoms with Crippen LogP contribution in [0, 0.1) is 0 Å². The highest BCUT2D eigenvalue weighted by Gasteiger charge is 2.12. The Morgan fingerprint density at radius 2 is 1.95 bits per heavy atom. The van der Waals surface area contributed by atoms with Crippen molar-refractivity contribution in [2.75, 3.05) is 20.2 Å². The van der Waals surface area contributed by atoms with Crippen LogP contribution in [0.1, 0.15) is 12.5 Å². The van der Waals surface area contributed by atoms with Gasteiger partial charge in [-0.15, -0.1) is 0 Å². The van der Waals surface area contributed by atoms with Crippen molar-refractivity contribution in [1.82, 2.24) is 4.90 Å². The number of hydrogen-bond donors (Lipinski definition) is 0. The molecule has 102 valence electrons. The van der Waals surface area contributed by atoms with Crippen molar-refractivity contribution in [1.29, 1.82) is 0 Å². The summed E-state index contributed by atoms with van der Waals surface area (Å²) in [5.41, 5.74) is 0.867. The minimum Gasteiger partial charge on any atom is -0.468 e. The van der Waals surface area contributed by atoms with E-state index in [2.05, 4.69) is 4.74 Å². The fourth-order valence-corrected chi connectivity index (χ4v) is 1.54. The van der Waals surface area contributed by atoms with E-state index in [0.717, 1.165) is 5.56 Å². The van der Waals surface area contributed by atoms with Crippen LogP contribution in [0.3, 0.4) is 0 Å². The molecule has 0 fully saturated rings. The minimum absolute atomic E-state index is 0.0449. The normalized spacial score (nSPS) is 10.5. The van der Waals surface area contributed by atoms with Crippen molar-refractivity contribution in [2.24, 2.45) is 0 Å². The van der Waals surface area contributed by atoms with Gasteiger partial charge in [0.1, 0.15) is 6.54 Å². The SMILES string of the molecule is CCN(CC(=O)OC)C(=O)/C=C/c1ccc(Cl)cc1. The van der Waals surface area contributed by atoms with Gasteiger partial charge >= 0.3 is 5.97 Å². The number of carbonyl (C=O) groups excluding carboxylic acids is 2.